The molecule has 2 unspecified atom stereocenters. The van der Waals surface area contributed by atoms with Gasteiger partial charge in [0, 0.05) is 11.6 Å². The van der Waals surface area contributed by atoms with Gasteiger partial charge >= 0.3 is 6.09 Å². The van der Waals surface area contributed by atoms with Crippen molar-refractivity contribution in [2.24, 2.45) is 0 Å². The molecule has 0 heterocycles. The number of aliphatic hydroxyl groups is 2. The first-order chi connectivity index (χ1) is 10.1. The molecule has 0 aliphatic rings. The number of phenolic OH excluding ortho intramolecular Hbond substituents is 1. The maximum Gasteiger partial charge on any atom is 0.407 e. The Labute approximate surface area is 134 Å². The first kappa shape index (κ1) is 18.5. The van der Waals surface area contributed by atoms with Crippen molar-refractivity contribution in [3.63, 3.8) is 0 Å². The zero-order chi connectivity index (χ0) is 16.9. The minimum atomic E-state index is -1.22. The molecule has 0 aliphatic heterocycles. The number of aliphatic hydroxyl groups excluding tert-OH is 2. The molecule has 0 saturated carbocycles. The third-order valence-corrected chi connectivity index (χ3v) is 2.94. The first-order valence-corrected chi connectivity index (χ1v) is 7.29. The number of rotatable bonds is 5. The summed E-state index contributed by atoms with van der Waals surface area (Å²) >= 11 is 5.78. The van der Waals surface area contributed by atoms with Gasteiger partial charge in [-0.3, -0.25) is 0 Å². The second-order valence-corrected chi connectivity index (χ2v) is 6.41. The largest absolute Gasteiger partial charge is 0.508 e. The van der Waals surface area contributed by atoms with Crippen molar-refractivity contribution in [1.29, 1.82) is 0 Å². The molecule has 124 valence electrons. The number of halogens is 1. The smallest absolute Gasteiger partial charge is 0.407 e. The molecule has 0 bridgehead atoms. The molecular formula is C15H22ClNO5. The van der Waals surface area contributed by atoms with Gasteiger partial charge in [0.2, 0.25) is 0 Å². The van der Waals surface area contributed by atoms with E-state index in [1.807, 2.05) is 0 Å². The highest BCUT2D eigenvalue weighted by Gasteiger charge is 2.20. The lowest BCUT2D eigenvalue weighted by Gasteiger charge is -2.21. The van der Waals surface area contributed by atoms with E-state index in [0.29, 0.717) is 5.56 Å². The van der Waals surface area contributed by atoms with Crippen LogP contribution in [0.1, 0.15) is 38.9 Å². The van der Waals surface area contributed by atoms with E-state index in [0.717, 1.165) is 0 Å². The SMILES string of the molecule is CC(C)(C)OC(=O)NCCC(O)C(O)c1cc(O)cc(Cl)c1. The molecule has 0 saturated heterocycles. The van der Waals surface area contributed by atoms with Gasteiger partial charge in [-0.25, -0.2) is 4.79 Å². The maximum atomic E-state index is 11.4. The molecule has 0 radical (unpaired) electrons. The standard InChI is InChI=1S/C15H22ClNO5/c1-15(2,3)22-14(21)17-5-4-12(19)13(20)9-6-10(16)8-11(18)7-9/h6-8,12-13,18-20H,4-5H2,1-3H3,(H,17,21). The fourth-order valence-corrected chi connectivity index (χ4v) is 2.02. The van der Waals surface area contributed by atoms with E-state index in [1.165, 1.54) is 18.2 Å². The fourth-order valence-electron chi connectivity index (χ4n) is 1.78. The molecule has 0 fully saturated rings. The van der Waals surface area contributed by atoms with Crippen molar-refractivity contribution in [1.82, 2.24) is 5.32 Å². The quantitative estimate of drug-likeness (QED) is 0.664. The Hall–Kier alpha value is -1.50. The maximum absolute atomic E-state index is 11.4. The summed E-state index contributed by atoms with van der Waals surface area (Å²) in [6.45, 7) is 5.38. The summed E-state index contributed by atoms with van der Waals surface area (Å²) < 4.78 is 5.05. The first-order valence-electron chi connectivity index (χ1n) is 6.91. The van der Waals surface area contributed by atoms with Crippen molar-refractivity contribution in [2.75, 3.05) is 6.54 Å². The molecule has 22 heavy (non-hydrogen) atoms. The van der Waals surface area contributed by atoms with E-state index in [1.54, 1.807) is 20.8 Å². The van der Waals surface area contributed by atoms with Gasteiger partial charge in [0.1, 0.15) is 17.5 Å². The van der Waals surface area contributed by atoms with Gasteiger partial charge in [0.25, 0.3) is 0 Å². The summed E-state index contributed by atoms with van der Waals surface area (Å²) in [5.41, 5.74) is -0.296. The normalized spacial score (nSPS) is 14.3. The molecule has 7 heteroatoms. The van der Waals surface area contributed by atoms with Gasteiger partial charge in [-0.2, -0.15) is 0 Å². The molecule has 0 aromatic heterocycles. The number of benzene rings is 1. The average molecular weight is 332 g/mol. The van der Waals surface area contributed by atoms with Crippen LogP contribution in [0.4, 0.5) is 4.79 Å². The highest BCUT2D eigenvalue weighted by atomic mass is 35.5. The molecule has 4 N–H and O–H groups in total. The van der Waals surface area contributed by atoms with Crippen molar-refractivity contribution in [3.05, 3.63) is 28.8 Å². The third kappa shape index (κ3) is 6.51. The zero-order valence-corrected chi connectivity index (χ0v) is 13.6. The molecule has 6 nitrogen and oxygen atoms in total. The number of hydrogen-bond donors (Lipinski definition) is 4. The summed E-state index contributed by atoms with van der Waals surface area (Å²) in [7, 11) is 0. The predicted molar refractivity (Wildman–Crippen MR) is 82.9 cm³/mol. The third-order valence-electron chi connectivity index (χ3n) is 2.72. The van der Waals surface area contributed by atoms with Gasteiger partial charge in [-0.05, 0) is 51.0 Å². The van der Waals surface area contributed by atoms with Crippen molar-refractivity contribution < 1.29 is 24.9 Å². The number of carbonyl (C=O) groups is 1. The van der Waals surface area contributed by atoms with E-state index in [9.17, 15) is 20.1 Å². The summed E-state index contributed by atoms with van der Waals surface area (Å²) in [5, 5.41) is 32.1. The van der Waals surface area contributed by atoms with Gasteiger partial charge in [0.15, 0.2) is 0 Å². The highest BCUT2D eigenvalue weighted by Crippen LogP contribution is 2.26. The molecule has 1 aromatic carbocycles. The Balaban J connectivity index is 2.48. The van der Waals surface area contributed by atoms with Crippen LogP contribution in [0.15, 0.2) is 18.2 Å². The van der Waals surface area contributed by atoms with Crippen LogP contribution in [0.25, 0.3) is 0 Å². The van der Waals surface area contributed by atoms with E-state index >= 15 is 0 Å². The lowest BCUT2D eigenvalue weighted by molar-refractivity contribution is 0.0122. The van der Waals surface area contributed by atoms with Crippen LogP contribution in [0, 0.1) is 0 Å². The van der Waals surface area contributed by atoms with Crippen molar-refractivity contribution in [2.45, 2.75) is 45.0 Å². The van der Waals surface area contributed by atoms with E-state index in [-0.39, 0.29) is 23.7 Å². The van der Waals surface area contributed by atoms with Crippen LogP contribution in [0.5, 0.6) is 5.75 Å². The molecule has 1 amide bonds. The van der Waals surface area contributed by atoms with Crippen LogP contribution >= 0.6 is 11.6 Å². The van der Waals surface area contributed by atoms with Gasteiger partial charge < -0.3 is 25.4 Å². The highest BCUT2D eigenvalue weighted by molar-refractivity contribution is 6.30. The number of phenols is 1. The molecule has 1 rings (SSSR count). The monoisotopic (exact) mass is 331 g/mol. The van der Waals surface area contributed by atoms with E-state index in [2.05, 4.69) is 5.32 Å². The second-order valence-electron chi connectivity index (χ2n) is 5.97. The van der Waals surface area contributed by atoms with Crippen LogP contribution in [-0.4, -0.2) is 39.7 Å². The Morgan fingerprint density at radius 3 is 2.50 bits per heavy atom. The van der Waals surface area contributed by atoms with Gasteiger partial charge in [0.05, 0.1) is 6.10 Å². The van der Waals surface area contributed by atoms with Gasteiger partial charge in [-0.1, -0.05) is 11.6 Å². The fraction of sp³-hybridized carbons (Fsp3) is 0.533. The van der Waals surface area contributed by atoms with Crippen LogP contribution in [0.2, 0.25) is 5.02 Å². The molecule has 2 atom stereocenters. The van der Waals surface area contributed by atoms with Crippen LogP contribution < -0.4 is 5.32 Å². The lowest BCUT2D eigenvalue weighted by atomic mass is 10.0. The lowest BCUT2D eigenvalue weighted by Crippen LogP contribution is -2.34. The van der Waals surface area contributed by atoms with Crippen molar-refractivity contribution >= 4 is 17.7 Å². The second kappa shape index (κ2) is 7.67. The topological polar surface area (TPSA) is 99.0 Å². The van der Waals surface area contributed by atoms with E-state index < -0.39 is 23.9 Å². The summed E-state index contributed by atoms with van der Waals surface area (Å²) in [4.78, 5) is 11.4. The number of alkyl carbamates (subject to hydrolysis) is 1. The minimum Gasteiger partial charge on any atom is -0.508 e. The van der Waals surface area contributed by atoms with Crippen LogP contribution in [0.3, 0.4) is 0 Å². The predicted octanol–water partition coefficient (Wildman–Crippen LogP) is 2.35. The summed E-state index contributed by atoms with van der Waals surface area (Å²) in [5.74, 6) is -0.0966. The number of carbonyl (C=O) groups excluding carboxylic acids is 1. The van der Waals surface area contributed by atoms with Gasteiger partial charge in [-0.15, -0.1) is 0 Å². The summed E-state index contributed by atoms with van der Waals surface area (Å²) in [6, 6.07) is 4.10. The molecule has 0 spiro atoms. The number of ether oxygens (including phenoxy) is 1. The molecule has 1 aromatic rings. The Morgan fingerprint density at radius 2 is 1.95 bits per heavy atom. The minimum absolute atomic E-state index is 0.0966. The zero-order valence-electron chi connectivity index (χ0n) is 12.8. The average Bonchev–Trinajstić information content (AvgIpc) is 2.34. The Kier molecular flexibility index (Phi) is 6.47. The number of aromatic hydroxyl groups is 1. The van der Waals surface area contributed by atoms with E-state index in [4.69, 9.17) is 16.3 Å². The summed E-state index contributed by atoms with van der Waals surface area (Å²) in [6.07, 6.45) is -2.80. The number of amides is 1. The number of nitrogens with one attached hydrogen (secondary N) is 1. The molecule has 0 aliphatic carbocycles. The number of hydrogen-bond acceptors (Lipinski definition) is 5. The molecular weight excluding hydrogens is 310 g/mol. The Morgan fingerprint density at radius 1 is 1.32 bits per heavy atom. The van der Waals surface area contributed by atoms with Crippen LogP contribution in [-0.2, 0) is 4.74 Å². The van der Waals surface area contributed by atoms with Crippen molar-refractivity contribution in [3.8, 4) is 5.75 Å². The Bertz CT molecular complexity index is 495.